The number of rotatable bonds is 4. The molecule has 4 rings (SSSR count). The minimum Gasteiger partial charge on any atom is -0.341 e. The standard InChI is InChI=1S/C20H23N3O2S/c1-26(24,25)16-11-9-15(10-12-16)14-23-13-5-4-8-19(23)20-21-17-6-2-3-7-18(17)22-20/h2-3,6-7,9-12,19H,4-5,8,13-14H2,1H3,(H,21,22). The molecule has 3 aromatic rings. The van der Waals surface area contributed by atoms with Gasteiger partial charge in [0.1, 0.15) is 5.82 Å². The predicted octanol–water partition coefficient (Wildman–Crippen LogP) is 3.69. The highest BCUT2D eigenvalue weighted by molar-refractivity contribution is 7.90. The van der Waals surface area contributed by atoms with Gasteiger partial charge in [0.2, 0.25) is 0 Å². The molecule has 1 aliphatic heterocycles. The van der Waals surface area contributed by atoms with Crippen molar-refractivity contribution in [2.24, 2.45) is 0 Å². The van der Waals surface area contributed by atoms with Gasteiger partial charge in [-0.3, -0.25) is 4.90 Å². The molecule has 0 saturated carbocycles. The van der Waals surface area contributed by atoms with E-state index in [0.717, 1.165) is 41.9 Å². The van der Waals surface area contributed by atoms with Crippen LogP contribution in [0.1, 0.15) is 36.7 Å². The molecule has 1 unspecified atom stereocenters. The monoisotopic (exact) mass is 369 g/mol. The van der Waals surface area contributed by atoms with E-state index in [1.807, 2.05) is 30.3 Å². The van der Waals surface area contributed by atoms with Crippen LogP contribution in [0.2, 0.25) is 0 Å². The Morgan fingerprint density at radius 3 is 2.62 bits per heavy atom. The van der Waals surface area contributed by atoms with Gasteiger partial charge in [-0.15, -0.1) is 0 Å². The lowest BCUT2D eigenvalue weighted by atomic mass is 10.0. The number of piperidine rings is 1. The molecule has 0 spiro atoms. The van der Waals surface area contributed by atoms with Gasteiger partial charge in [-0.1, -0.05) is 30.7 Å². The third kappa shape index (κ3) is 3.52. The highest BCUT2D eigenvalue weighted by Crippen LogP contribution is 2.31. The topological polar surface area (TPSA) is 66.1 Å². The third-order valence-corrected chi connectivity index (χ3v) is 6.20. The summed E-state index contributed by atoms with van der Waals surface area (Å²) in [5.41, 5.74) is 3.21. The van der Waals surface area contributed by atoms with Gasteiger partial charge in [0.05, 0.1) is 22.0 Å². The van der Waals surface area contributed by atoms with Gasteiger partial charge in [-0.2, -0.15) is 0 Å². The summed E-state index contributed by atoms with van der Waals surface area (Å²) >= 11 is 0. The van der Waals surface area contributed by atoms with Crippen LogP contribution in [0.15, 0.2) is 53.4 Å². The maximum atomic E-state index is 11.6. The number of benzene rings is 2. The summed E-state index contributed by atoms with van der Waals surface area (Å²) in [6.45, 7) is 1.82. The number of aromatic nitrogens is 2. The average molecular weight is 369 g/mol. The number of aromatic amines is 1. The van der Waals surface area contributed by atoms with Crippen molar-refractivity contribution in [3.63, 3.8) is 0 Å². The van der Waals surface area contributed by atoms with Crippen LogP contribution in [0.4, 0.5) is 0 Å². The molecule has 1 saturated heterocycles. The molecule has 1 atom stereocenters. The van der Waals surface area contributed by atoms with Crippen molar-refractivity contribution in [3.05, 3.63) is 59.9 Å². The van der Waals surface area contributed by atoms with E-state index in [1.165, 1.54) is 19.1 Å². The van der Waals surface area contributed by atoms with Crippen LogP contribution >= 0.6 is 0 Å². The zero-order chi connectivity index (χ0) is 18.1. The summed E-state index contributed by atoms with van der Waals surface area (Å²) < 4.78 is 23.3. The number of sulfone groups is 1. The highest BCUT2D eigenvalue weighted by atomic mass is 32.2. The van der Waals surface area contributed by atoms with Gasteiger partial charge in [0, 0.05) is 12.8 Å². The largest absolute Gasteiger partial charge is 0.341 e. The summed E-state index contributed by atoms with van der Waals surface area (Å²) in [6.07, 6.45) is 4.70. The van der Waals surface area contributed by atoms with E-state index >= 15 is 0 Å². The Balaban J connectivity index is 1.57. The average Bonchev–Trinajstić information content (AvgIpc) is 3.06. The smallest absolute Gasteiger partial charge is 0.175 e. The number of nitrogens with one attached hydrogen (secondary N) is 1. The maximum Gasteiger partial charge on any atom is 0.175 e. The first kappa shape index (κ1) is 17.2. The van der Waals surface area contributed by atoms with E-state index in [4.69, 9.17) is 4.98 Å². The van der Waals surface area contributed by atoms with Crippen molar-refractivity contribution >= 4 is 20.9 Å². The lowest BCUT2D eigenvalue weighted by Crippen LogP contribution is -2.33. The van der Waals surface area contributed by atoms with Crippen molar-refractivity contribution in [2.45, 2.75) is 36.7 Å². The minimum atomic E-state index is -3.15. The van der Waals surface area contributed by atoms with Crippen molar-refractivity contribution in [1.82, 2.24) is 14.9 Å². The zero-order valence-corrected chi connectivity index (χ0v) is 15.7. The summed E-state index contributed by atoms with van der Waals surface area (Å²) in [6, 6.07) is 15.6. The predicted molar refractivity (Wildman–Crippen MR) is 103 cm³/mol. The van der Waals surface area contributed by atoms with E-state index in [1.54, 1.807) is 12.1 Å². The molecule has 0 bridgehead atoms. The maximum absolute atomic E-state index is 11.6. The first-order valence-electron chi connectivity index (χ1n) is 8.98. The molecular formula is C20H23N3O2S. The molecule has 26 heavy (non-hydrogen) atoms. The van der Waals surface area contributed by atoms with Crippen LogP contribution in [0, 0.1) is 0 Å². The number of likely N-dealkylation sites (tertiary alicyclic amines) is 1. The molecule has 0 amide bonds. The Bertz CT molecular complexity index is 976. The second-order valence-corrected chi connectivity index (χ2v) is 9.05. The first-order chi connectivity index (χ1) is 12.5. The lowest BCUT2D eigenvalue weighted by Gasteiger charge is -2.34. The summed E-state index contributed by atoms with van der Waals surface area (Å²) in [5, 5.41) is 0. The van der Waals surface area contributed by atoms with Gasteiger partial charge >= 0.3 is 0 Å². The fourth-order valence-electron chi connectivity index (χ4n) is 3.70. The Labute approximate surface area is 154 Å². The van der Waals surface area contributed by atoms with E-state index in [-0.39, 0.29) is 6.04 Å². The summed E-state index contributed by atoms with van der Waals surface area (Å²) in [7, 11) is -3.15. The Morgan fingerprint density at radius 2 is 1.88 bits per heavy atom. The normalized spacial score (nSPS) is 19.0. The zero-order valence-electron chi connectivity index (χ0n) is 14.9. The number of H-pyrrole nitrogens is 1. The van der Waals surface area contributed by atoms with Crippen LogP contribution in [0.3, 0.4) is 0 Å². The Morgan fingerprint density at radius 1 is 1.12 bits per heavy atom. The SMILES string of the molecule is CS(=O)(=O)c1ccc(CN2CCCCC2c2nc3ccccc3[nH]2)cc1. The number of para-hydroxylation sites is 2. The van der Waals surface area contributed by atoms with E-state index in [2.05, 4.69) is 16.0 Å². The molecule has 1 aliphatic rings. The van der Waals surface area contributed by atoms with Gasteiger partial charge in [-0.25, -0.2) is 13.4 Å². The quantitative estimate of drug-likeness (QED) is 0.762. The number of imidazole rings is 1. The molecule has 1 fully saturated rings. The minimum absolute atomic E-state index is 0.269. The molecule has 1 aromatic heterocycles. The van der Waals surface area contributed by atoms with E-state index in [9.17, 15) is 8.42 Å². The van der Waals surface area contributed by atoms with Gasteiger partial charge in [0.25, 0.3) is 0 Å². The molecule has 2 aromatic carbocycles. The Kier molecular flexibility index (Phi) is 4.54. The fraction of sp³-hybridized carbons (Fsp3) is 0.350. The molecule has 0 radical (unpaired) electrons. The molecule has 0 aliphatic carbocycles. The van der Waals surface area contributed by atoms with E-state index in [0.29, 0.717) is 4.90 Å². The number of fused-ring (bicyclic) bond motifs is 1. The Hall–Kier alpha value is -2.18. The number of nitrogens with zero attached hydrogens (tertiary/aromatic N) is 2. The van der Waals surface area contributed by atoms with Crippen molar-refractivity contribution in [1.29, 1.82) is 0 Å². The highest BCUT2D eigenvalue weighted by Gasteiger charge is 2.26. The molecule has 1 N–H and O–H groups in total. The molecule has 136 valence electrons. The third-order valence-electron chi connectivity index (χ3n) is 5.07. The van der Waals surface area contributed by atoms with Crippen molar-refractivity contribution < 1.29 is 8.42 Å². The second-order valence-electron chi connectivity index (χ2n) is 7.04. The van der Waals surface area contributed by atoms with Crippen molar-refractivity contribution in [2.75, 3.05) is 12.8 Å². The van der Waals surface area contributed by atoms with Crippen molar-refractivity contribution in [3.8, 4) is 0 Å². The van der Waals surface area contributed by atoms with Crippen LogP contribution in [-0.4, -0.2) is 36.1 Å². The first-order valence-corrected chi connectivity index (χ1v) is 10.9. The fourth-order valence-corrected chi connectivity index (χ4v) is 4.33. The van der Waals surface area contributed by atoms with Crippen LogP contribution in [0.5, 0.6) is 0 Å². The van der Waals surface area contributed by atoms with E-state index < -0.39 is 9.84 Å². The van der Waals surface area contributed by atoms with Gasteiger partial charge in [0.15, 0.2) is 9.84 Å². The summed E-state index contributed by atoms with van der Waals surface area (Å²) in [4.78, 5) is 11.1. The van der Waals surface area contributed by atoms with Crippen LogP contribution < -0.4 is 0 Å². The molecule has 2 heterocycles. The number of hydrogen-bond acceptors (Lipinski definition) is 4. The molecular weight excluding hydrogens is 346 g/mol. The van der Waals surface area contributed by atoms with Crippen LogP contribution in [-0.2, 0) is 16.4 Å². The van der Waals surface area contributed by atoms with Gasteiger partial charge in [-0.05, 0) is 49.2 Å². The van der Waals surface area contributed by atoms with Crippen LogP contribution in [0.25, 0.3) is 11.0 Å². The lowest BCUT2D eigenvalue weighted by molar-refractivity contribution is 0.134. The molecule has 6 heteroatoms. The van der Waals surface area contributed by atoms with Gasteiger partial charge < -0.3 is 4.98 Å². The second kappa shape index (κ2) is 6.85. The number of hydrogen-bond donors (Lipinski definition) is 1. The molecule has 5 nitrogen and oxygen atoms in total. The summed E-state index contributed by atoms with van der Waals surface area (Å²) in [5.74, 6) is 1.03.